The molecule has 0 aromatic carbocycles. The van der Waals surface area contributed by atoms with Gasteiger partial charge in [0.05, 0.1) is 12.6 Å². The summed E-state index contributed by atoms with van der Waals surface area (Å²) in [5.74, 6) is 2.56. The maximum Gasteiger partial charge on any atom is 0.305 e. The largest absolute Gasteiger partial charge is 0.469 e. The fraction of sp³-hybridized carbons (Fsp3) is 0.875. The molecule has 11 atom stereocenters. The predicted octanol–water partition coefficient (Wildman–Crippen LogP) is 8.96. The molecular weight excluding hydrogens is 574 g/mol. The number of hydrogen-bond acceptors (Lipinski definition) is 5. The zero-order valence-electron chi connectivity index (χ0n) is 30.7. The van der Waals surface area contributed by atoms with Gasteiger partial charge in [0, 0.05) is 19.8 Å². The van der Waals surface area contributed by atoms with Gasteiger partial charge in [-0.2, -0.15) is 0 Å². The minimum Gasteiger partial charge on any atom is -0.469 e. The van der Waals surface area contributed by atoms with Crippen molar-refractivity contribution in [3.63, 3.8) is 0 Å². The summed E-state index contributed by atoms with van der Waals surface area (Å²) in [5.41, 5.74) is 2.04. The molecule has 46 heavy (non-hydrogen) atoms. The Balaban J connectivity index is 1.38. The fourth-order valence-electron chi connectivity index (χ4n) is 12.4. The quantitative estimate of drug-likeness (QED) is 0.155. The number of unbranched alkanes of at least 4 members (excludes halogenated alkanes) is 3. The van der Waals surface area contributed by atoms with Crippen LogP contribution in [0.2, 0.25) is 0 Å². The molecule has 4 saturated carbocycles. The van der Waals surface area contributed by atoms with Gasteiger partial charge >= 0.3 is 11.9 Å². The van der Waals surface area contributed by atoms with E-state index in [1.807, 2.05) is 0 Å². The van der Waals surface area contributed by atoms with Crippen molar-refractivity contribution in [3.8, 4) is 0 Å². The number of amides is 1. The number of carbonyl (C=O) groups excluding carboxylic acids is 3. The lowest BCUT2D eigenvalue weighted by Crippen LogP contribution is -2.71. The summed E-state index contributed by atoms with van der Waals surface area (Å²) in [6.45, 7) is 19.1. The van der Waals surface area contributed by atoms with Crippen molar-refractivity contribution in [1.29, 1.82) is 0 Å². The highest BCUT2D eigenvalue weighted by molar-refractivity contribution is 5.77. The van der Waals surface area contributed by atoms with E-state index in [9.17, 15) is 14.4 Å². The minimum absolute atomic E-state index is 0.0385. The van der Waals surface area contributed by atoms with E-state index in [2.05, 4.69) is 59.9 Å². The third kappa shape index (κ3) is 5.78. The maximum atomic E-state index is 13.6. The second kappa shape index (κ2) is 12.9. The summed E-state index contributed by atoms with van der Waals surface area (Å²) >= 11 is 0. The van der Waals surface area contributed by atoms with Crippen LogP contribution in [0.5, 0.6) is 0 Å². The van der Waals surface area contributed by atoms with E-state index in [0.717, 1.165) is 69.6 Å². The van der Waals surface area contributed by atoms with Crippen LogP contribution >= 0.6 is 0 Å². The van der Waals surface area contributed by atoms with Crippen LogP contribution in [0.1, 0.15) is 152 Å². The van der Waals surface area contributed by atoms with Crippen molar-refractivity contribution >= 4 is 17.8 Å². The van der Waals surface area contributed by atoms with Crippen LogP contribution in [0.15, 0.2) is 11.6 Å². The van der Waals surface area contributed by atoms with Gasteiger partial charge in [0.25, 0.3) is 0 Å². The first-order valence-electron chi connectivity index (χ1n) is 18.8. The van der Waals surface area contributed by atoms with Crippen molar-refractivity contribution in [2.45, 2.75) is 163 Å². The Hall–Kier alpha value is -1.85. The molecule has 6 heteroatoms. The van der Waals surface area contributed by atoms with Crippen molar-refractivity contribution in [3.05, 3.63) is 11.6 Å². The Bertz CT molecular complexity index is 1210. The number of ether oxygens (including phenoxy) is 2. The van der Waals surface area contributed by atoms with Gasteiger partial charge in [-0.25, -0.2) is 0 Å². The Morgan fingerprint density at radius 1 is 0.848 bits per heavy atom. The van der Waals surface area contributed by atoms with Crippen LogP contribution in [-0.2, 0) is 23.9 Å². The minimum atomic E-state index is -0.606. The van der Waals surface area contributed by atoms with E-state index in [0.29, 0.717) is 30.1 Å². The number of hydrogen-bond donors (Lipinski definition) is 1. The zero-order valence-corrected chi connectivity index (χ0v) is 30.7. The highest BCUT2D eigenvalue weighted by Crippen LogP contribution is 2.75. The molecule has 0 spiro atoms. The predicted molar refractivity (Wildman–Crippen MR) is 183 cm³/mol. The molecule has 0 aromatic heterocycles. The Morgan fingerprint density at radius 2 is 1.54 bits per heavy atom. The van der Waals surface area contributed by atoms with Crippen molar-refractivity contribution < 1.29 is 23.9 Å². The standard InChI is InChI=1S/C40H65NO5/c1-26-18-21-36(4)24-25-38(6)29(35(36)27(26)2)16-17-30-37(5)22-20-32(46-28(3)42)40(8,31(37)19-23-39(30,38)7)41-33(43)14-12-10-11-13-15-34(44)45-9/h16,26-27,30-32,35H,10-15,17-25H2,1-9H3,(H,41,43)/t26-,27+,30-,31-,32-,35+,36-,37-,38-,39-,40-/m1/s1. The highest BCUT2D eigenvalue weighted by Gasteiger charge is 2.69. The first kappa shape index (κ1) is 35.5. The first-order valence-corrected chi connectivity index (χ1v) is 18.8. The second-order valence-corrected chi connectivity index (χ2v) is 17.8. The number of carbonyl (C=O) groups is 3. The van der Waals surface area contributed by atoms with Gasteiger partial charge in [-0.05, 0) is 129 Å². The Morgan fingerprint density at radius 3 is 2.22 bits per heavy atom. The molecule has 0 aliphatic heterocycles. The first-order chi connectivity index (χ1) is 21.6. The third-order valence-corrected chi connectivity index (χ3v) is 15.5. The van der Waals surface area contributed by atoms with Gasteiger partial charge in [0.2, 0.25) is 5.91 Å². The summed E-state index contributed by atoms with van der Waals surface area (Å²) in [6.07, 6.45) is 17.1. The average molecular weight is 640 g/mol. The van der Waals surface area contributed by atoms with Gasteiger partial charge in [0.1, 0.15) is 6.10 Å². The molecule has 4 fully saturated rings. The topological polar surface area (TPSA) is 81.7 Å². The van der Waals surface area contributed by atoms with Crippen LogP contribution in [-0.4, -0.2) is 36.6 Å². The van der Waals surface area contributed by atoms with E-state index in [1.54, 1.807) is 5.57 Å². The number of fused-ring (bicyclic) bond motifs is 7. The zero-order chi connectivity index (χ0) is 33.7. The summed E-state index contributed by atoms with van der Waals surface area (Å²) < 4.78 is 10.8. The lowest BCUT2D eigenvalue weighted by atomic mass is 9.34. The number of esters is 2. The van der Waals surface area contributed by atoms with Gasteiger partial charge in [0.15, 0.2) is 0 Å². The van der Waals surface area contributed by atoms with E-state index in [1.165, 1.54) is 39.7 Å². The molecule has 0 radical (unpaired) electrons. The number of allylic oxidation sites excluding steroid dienone is 2. The van der Waals surface area contributed by atoms with E-state index < -0.39 is 5.54 Å². The van der Waals surface area contributed by atoms with Crippen LogP contribution < -0.4 is 5.32 Å². The Labute approximate surface area is 280 Å². The van der Waals surface area contributed by atoms with E-state index in [-0.39, 0.29) is 46.1 Å². The van der Waals surface area contributed by atoms with Crippen LogP contribution in [0.25, 0.3) is 0 Å². The third-order valence-electron chi connectivity index (χ3n) is 15.5. The molecule has 5 rings (SSSR count). The molecular formula is C40H65NO5. The number of methoxy groups -OCH3 is 1. The normalized spacial score (nSPS) is 44.8. The van der Waals surface area contributed by atoms with Crippen molar-refractivity contribution in [2.24, 2.45) is 51.2 Å². The summed E-state index contributed by atoms with van der Waals surface area (Å²) in [4.78, 5) is 37.4. The lowest BCUT2D eigenvalue weighted by molar-refractivity contribution is -0.202. The molecule has 0 saturated heterocycles. The highest BCUT2D eigenvalue weighted by atomic mass is 16.5. The number of nitrogens with one attached hydrogen (secondary N) is 1. The van der Waals surface area contributed by atoms with Crippen molar-refractivity contribution in [2.75, 3.05) is 7.11 Å². The lowest BCUT2D eigenvalue weighted by Gasteiger charge is -2.71. The Kier molecular flexibility index (Phi) is 9.93. The van der Waals surface area contributed by atoms with Gasteiger partial charge in [-0.15, -0.1) is 0 Å². The number of rotatable bonds is 9. The molecule has 0 heterocycles. The molecule has 1 amide bonds. The molecule has 5 aliphatic carbocycles. The average Bonchev–Trinajstić information content (AvgIpc) is 2.99. The second-order valence-electron chi connectivity index (χ2n) is 17.8. The van der Waals surface area contributed by atoms with Crippen LogP contribution in [0, 0.1) is 51.2 Å². The smallest absolute Gasteiger partial charge is 0.305 e. The molecule has 1 N–H and O–H groups in total. The molecule has 260 valence electrons. The van der Waals surface area contributed by atoms with Gasteiger partial charge in [-0.1, -0.05) is 66.0 Å². The molecule has 0 unspecified atom stereocenters. The van der Waals surface area contributed by atoms with E-state index >= 15 is 0 Å². The fourth-order valence-corrected chi connectivity index (χ4v) is 12.4. The summed E-state index contributed by atoms with van der Waals surface area (Å²) in [6, 6.07) is 0. The van der Waals surface area contributed by atoms with Gasteiger partial charge in [-0.3, -0.25) is 14.4 Å². The summed E-state index contributed by atoms with van der Waals surface area (Å²) in [7, 11) is 1.42. The van der Waals surface area contributed by atoms with Crippen molar-refractivity contribution in [1.82, 2.24) is 5.32 Å². The van der Waals surface area contributed by atoms with E-state index in [4.69, 9.17) is 9.47 Å². The SMILES string of the molecule is COC(=O)CCCCCCC(=O)N[C@]1(C)[C@@H]2CC[C@]3(C)[C@H](CC=C4[C@@H]5[C@@H](C)[C@H](C)CC[C@]5(C)CC[C@]43C)[C@@]2(C)CC[C@H]1OC(C)=O. The van der Waals surface area contributed by atoms with Gasteiger partial charge < -0.3 is 14.8 Å². The summed E-state index contributed by atoms with van der Waals surface area (Å²) in [5, 5.41) is 3.51. The van der Waals surface area contributed by atoms with Crippen LogP contribution in [0.4, 0.5) is 0 Å². The maximum absolute atomic E-state index is 13.6. The molecule has 6 nitrogen and oxygen atoms in total. The monoisotopic (exact) mass is 639 g/mol. The molecule has 5 aliphatic rings. The van der Waals surface area contributed by atoms with Crippen LogP contribution in [0.3, 0.4) is 0 Å². The molecule has 0 bridgehead atoms. The molecule has 0 aromatic rings.